The van der Waals surface area contributed by atoms with Gasteiger partial charge in [-0.15, -0.1) is 0 Å². The Morgan fingerprint density at radius 2 is 1.48 bits per heavy atom. The van der Waals surface area contributed by atoms with E-state index in [1.807, 2.05) is 41.4 Å². The van der Waals surface area contributed by atoms with Crippen molar-refractivity contribution in [3.05, 3.63) is 48.3 Å². The summed E-state index contributed by atoms with van der Waals surface area (Å²) in [6.07, 6.45) is 3.56. The molecule has 4 rings (SSSR count). The molecule has 0 spiro atoms. The van der Waals surface area contributed by atoms with Gasteiger partial charge in [0.1, 0.15) is 11.6 Å². The van der Waals surface area contributed by atoms with Crippen LogP contribution >= 0.6 is 0 Å². The summed E-state index contributed by atoms with van der Waals surface area (Å²) in [4.78, 5) is 30.4. The van der Waals surface area contributed by atoms with Gasteiger partial charge in [-0.1, -0.05) is 6.07 Å². The maximum atomic E-state index is 12.6. The lowest BCUT2D eigenvalue weighted by Crippen LogP contribution is -2.47. The number of pyridine rings is 2. The maximum Gasteiger partial charge on any atom is 0.255 e. The van der Waals surface area contributed by atoms with Crippen molar-refractivity contribution in [2.24, 2.45) is 0 Å². The smallest absolute Gasteiger partial charge is 0.255 e. The molecule has 0 unspecified atom stereocenters. The highest BCUT2D eigenvalue weighted by atomic mass is 16.2. The molecule has 0 radical (unpaired) electrons. The lowest BCUT2D eigenvalue weighted by molar-refractivity contribution is 0.0663. The number of amides is 1. The fraction of sp³-hybridized carbons (Fsp3) is 0.450. The highest BCUT2D eigenvalue weighted by molar-refractivity contribution is 5.94. The fourth-order valence-electron chi connectivity index (χ4n) is 3.60. The van der Waals surface area contributed by atoms with E-state index in [4.69, 9.17) is 0 Å². The van der Waals surface area contributed by atoms with E-state index in [1.165, 1.54) is 0 Å². The molecule has 0 aliphatic carbocycles. The standard InChI is InChI=1S/C20H26N6O/c1-23-8-10-26(11-9-23)20(27)17-5-6-19(22-16-17)25-14-12-24(13-15-25)18-4-2-3-7-21-18/h2-7,16H,8-15H2,1H3. The van der Waals surface area contributed by atoms with E-state index >= 15 is 0 Å². The molecule has 2 aromatic rings. The van der Waals surface area contributed by atoms with E-state index in [1.54, 1.807) is 6.20 Å². The highest BCUT2D eigenvalue weighted by Crippen LogP contribution is 2.18. The summed E-state index contributed by atoms with van der Waals surface area (Å²) in [6.45, 7) is 7.06. The molecule has 7 nitrogen and oxygen atoms in total. The second kappa shape index (κ2) is 7.92. The number of hydrogen-bond acceptors (Lipinski definition) is 6. The van der Waals surface area contributed by atoms with Gasteiger partial charge in [-0.3, -0.25) is 4.79 Å². The Labute approximate surface area is 160 Å². The molecular weight excluding hydrogens is 340 g/mol. The summed E-state index contributed by atoms with van der Waals surface area (Å²) in [6, 6.07) is 9.89. The predicted octanol–water partition coefficient (Wildman–Crippen LogP) is 1.19. The van der Waals surface area contributed by atoms with Crippen LogP contribution in [-0.2, 0) is 0 Å². The summed E-state index contributed by atoms with van der Waals surface area (Å²) < 4.78 is 0. The molecule has 4 heterocycles. The molecular formula is C20H26N6O. The first kappa shape index (κ1) is 17.7. The third kappa shape index (κ3) is 4.03. The Morgan fingerprint density at radius 1 is 0.815 bits per heavy atom. The second-order valence-corrected chi connectivity index (χ2v) is 7.16. The molecule has 7 heteroatoms. The Morgan fingerprint density at radius 3 is 2.04 bits per heavy atom. The van der Waals surface area contributed by atoms with Crippen molar-refractivity contribution in [1.29, 1.82) is 0 Å². The Balaban J connectivity index is 1.35. The molecule has 2 saturated heterocycles. The van der Waals surface area contributed by atoms with Crippen LogP contribution in [-0.4, -0.2) is 85.1 Å². The van der Waals surface area contributed by atoms with Crippen molar-refractivity contribution in [2.75, 3.05) is 69.2 Å². The summed E-state index contributed by atoms with van der Waals surface area (Å²) in [5, 5.41) is 0. The molecule has 2 aliphatic heterocycles. The monoisotopic (exact) mass is 366 g/mol. The number of piperazine rings is 2. The summed E-state index contributed by atoms with van der Waals surface area (Å²) in [7, 11) is 2.09. The number of aromatic nitrogens is 2. The topological polar surface area (TPSA) is 55.8 Å². The van der Waals surface area contributed by atoms with Crippen molar-refractivity contribution < 1.29 is 4.79 Å². The van der Waals surface area contributed by atoms with Crippen molar-refractivity contribution in [3.8, 4) is 0 Å². The Kier molecular flexibility index (Phi) is 5.20. The third-order valence-corrected chi connectivity index (χ3v) is 5.36. The van der Waals surface area contributed by atoms with E-state index in [2.05, 4.69) is 31.7 Å². The van der Waals surface area contributed by atoms with Gasteiger partial charge in [0.25, 0.3) is 5.91 Å². The first-order valence-electron chi connectivity index (χ1n) is 9.55. The maximum absolute atomic E-state index is 12.6. The first-order chi connectivity index (χ1) is 13.2. The number of anilines is 2. The van der Waals surface area contributed by atoms with Crippen LogP contribution in [0.5, 0.6) is 0 Å². The van der Waals surface area contributed by atoms with Gasteiger partial charge in [-0.05, 0) is 31.3 Å². The molecule has 0 saturated carbocycles. The molecule has 2 aliphatic rings. The Hall–Kier alpha value is -2.67. The number of likely N-dealkylation sites (N-methyl/N-ethyl adjacent to an activating group) is 1. The van der Waals surface area contributed by atoms with Gasteiger partial charge in [-0.25, -0.2) is 9.97 Å². The average molecular weight is 366 g/mol. The van der Waals surface area contributed by atoms with Gasteiger partial charge in [0, 0.05) is 64.8 Å². The second-order valence-electron chi connectivity index (χ2n) is 7.16. The molecule has 1 amide bonds. The minimum Gasteiger partial charge on any atom is -0.353 e. The minimum atomic E-state index is 0.0853. The molecule has 0 aromatic carbocycles. The van der Waals surface area contributed by atoms with Gasteiger partial charge in [0.2, 0.25) is 0 Å². The largest absolute Gasteiger partial charge is 0.353 e. The normalized spacial score (nSPS) is 18.6. The zero-order valence-corrected chi connectivity index (χ0v) is 15.8. The van der Waals surface area contributed by atoms with Crippen LogP contribution in [0, 0.1) is 0 Å². The molecule has 2 aromatic heterocycles. The minimum absolute atomic E-state index is 0.0853. The molecule has 0 atom stereocenters. The molecule has 0 N–H and O–H groups in total. The molecule has 142 valence electrons. The van der Waals surface area contributed by atoms with Crippen molar-refractivity contribution in [2.45, 2.75) is 0 Å². The van der Waals surface area contributed by atoms with Crippen LogP contribution in [0.4, 0.5) is 11.6 Å². The Bertz CT molecular complexity index is 750. The highest BCUT2D eigenvalue weighted by Gasteiger charge is 2.22. The number of rotatable bonds is 3. The van der Waals surface area contributed by atoms with Crippen molar-refractivity contribution >= 4 is 17.5 Å². The fourth-order valence-corrected chi connectivity index (χ4v) is 3.60. The lowest BCUT2D eigenvalue weighted by Gasteiger charge is -2.36. The lowest BCUT2D eigenvalue weighted by atomic mass is 10.2. The van der Waals surface area contributed by atoms with Crippen LogP contribution in [0.1, 0.15) is 10.4 Å². The summed E-state index contributed by atoms with van der Waals surface area (Å²) in [5.41, 5.74) is 0.676. The van der Waals surface area contributed by atoms with E-state index < -0.39 is 0 Å². The quantitative estimate of drug-likeness (QED) is 0.813. The number of carbonyl (C=O) groups excluding carboxylic acids is 1. The van der Waals surface area contributed by atoms with Gasteiger partial charge < -0.3 is 19.6 Å². The predicted molar refractivity (Wildman–Crippen MR) is 106 cm³/mol. The van der Waals surface area contributed by atoms with Crippen LogP contribution in [0.15, 0.2) is 42.7 Å². The van der Waals surface area contributed by atoms with Crippen LogP contribution < -0.4 is 9.80 Å². The van der Waals surface area contributed by atoms with Gasteiger partial charge in [0.15, 0.2) is 0 Å². The number of carbonyl (C=O) groups is 1. The van der Waals surface area contributed by atoms with E-state index in [-0.39, 0.29) is 5.91 Å². The summed E-state index contributed by atoms with van der Waals surface area (Å²) in [5.74, 6) is 2.05. The third-order valence-electron chi connectivity index (χ3n) is 5.36. The van der Waals surface area contributed by atoms with Gasteiger partial charge in [-0.2, -0.15) is 0 Å². The zero-order chi connectivity index (χ0) is 18.6. The summed E-state index contributed by atoms with van der Waals surface area (Å²) >= 11 is 0. The number of nitrogens with zero attached hydrogens (tertiary/aromatic N) is 6. The van der Waals surface area contributed by atoms with Crippen molar-refractivity contribution in [1.82, 2.24) is 19.8 Å². The van der Waals surface area contributed by atoms with Gasteiger partial charge in [0.05, 0.1) is 5.56 Å². The van der Waals surface area contributed by atoms with E-state index in [0.717, 1.165) is 64.0 Å². The molecule has 2 fully saturated rings. The van der Waals surface area contributed by atoms with Crippen LogP contribution in [0.3, 0.4) is 0 Å². The van der Waals surface area contributed by atoms with E-state index in [0.29, 0.717) is 5.56 Å². The first-order valence-corrected chi connectivity index (χ1v) is 9.55. The average Bonchev–Trinajstić information content (AvgIpc) is 2.75. The van der Waals surface area contributed by atoms with E-state index in [9.17, 15) is 4.79 Å². The van der Waals surface area contributed by atoms with Crippen LogP contribution in [0.2, 0.25) is 0 Å². The van der Waals surface area contributed by atoms with Crippen molar-refractivity contribution in [3.63, 3.8) is 0 Å². The molecule has 27 heavy (non-hydrogen) atoms. The zero-order valence-electron chi connectivity index (χ0n) is 15.8. The van der Waals surface area contributed by atoms with Crippen LogP contribution in [0.25, 0.3) is 0 Å². The number of hydrogen-bond donors (Lipinski definition) is 0. The molecule has 0 bridgehead atoms. The van der Waals surface area contributed by atoms with Gasteiger partial charge >= 0.3 is 0 Å². The SMILES string of the molecule is CN1CCN(C(=O)c2ccc(N3CCN(c4ccccn4)CC3)nc2)CC1.